The Kier molecular flexibility index (Phi) is 5.27. The van der Waals surface area contributed by atoms with Crippen molar-refractivity contribution in [2.45, 2.75) is 44.6 Å². The molecule has 2 aliphatic rings. The summed E-state index contributed by atoms with van der Waals surface area (Å²) in [5.74, 6) is -0.0559. The van der Waals surface area contributed by atoms with Gasteiger partial charge in [0.1, 0.15) is 0 Å². The first-order chi connectivity index (χ1) is 10.8. The smallest absolute Gasteiger partial charge is 0.253 e. The van der Waals surface area contributed by atoms with Gasteiger partial charge in [-0.1, -0.05) is 12.8 Å². The summed E-state index contributed by atoms with van der Waals surface area (Å²) >= 11 is 0. The first kappa shape index (κ1) is 15.3. The van der Waals surface area contributed by atoms with Gasteiger partial charge in [0.05, 0.1) is 23.6 Å². The van der Waals surface area contributed by atoms with Crippen molar-refractivity contribution in [3.8, 4) is 0 Å². The van der Waals surface area contributed by atoms with Crippen LogP contribution in [0.15, 0.2) is 18.5 Å². The van der Waals surface area contributed by atoms with Crippen LogP contribution < -0.4 is 10.2 Å². The lowest BCUT2D eigenvalue weighted by atomic mass is 10.2. The van der Waals surface area contributed by atoms with E-state index in [1.807, 2.05) is 12.3 Å². The van der Waals surface area contributed by atoms with Crippen LogP contribution in [0, 0.1) is 0 Å². The van der Waals surface area contributed by atoms with Gasteiger partial charge in [0.2, 0.25) is 0 Å². The summed E-state index contributed by atoms with van der Waals surface area (Å²) < 4.78 is 5.53. The van der Waals surface area contributed by atoms with Gasteiger partial charge in [-0.3, -0.25) is 9.78 Å². The number of aromatic nitrogens is 1. The normalized spacial score (nSPS) is 22.4. The van der Waals surface area contributed by atoms with E-state index in [-0.39, 0.29) is 12.0 Å². The lowest BCUT2D eigenvalue weighted by Crippen LogP contribution is -2.32. The number of carbonyl (C=O) groups is 1. The predicted molar refractivity (Wildman–Crippen MR) is 86.2 cm³/mol. The molecule has 0 bridgehead atoms. The number of hydrogen-bond acceptors (Lipinski definition) is 4. The molecule has 1 unspecified atom stereocenters. The molecule has 2 aliphatic heterocycles. The van der Waals surface area contributed by atoms with E-state index in [2.05, 4.69) is 15.2 Å². The number of pyridine rings is 1. The molecule has 1 amide bonds. The van der Waals surface area contributed by atoms with E-state index in [0.29, 0.717) is 12.1 Å². The van der Waals surface area contributed by atoms with Crippen molar-refractivity contribution in [1.29, 1.82) is 0 Å². The van der Waals surface area contributed by atoms with Crippen molar-refractivity contribution in [3.63, 3.8) is 0 Å². The highest BCUT2D eigenvalue weighted by molar-refractivity contribution is 5.94. The van der Waals surface area contributed by atoms with Crippen molar-refractivity contribution in [2.24, 2.45) is 0 Å². The van der Waals surface area contributed by atoms with Gasteiger partial charge < -0.3 is 15.0 Å². The number of nitrogens with one attached hydrogen (secondary N) is 1. The third-order valence-corrected chi connectivity index (χ3v) is 4.47. The second-order valence-corrected chi connectivity index (χ2v) is 6.18. The summed E-state index contributed by atoms with van der Waals surface area (Å²) in [6.45, 7) is 3.52. The van der Waals surface area contributed by atoms with Gasteiger partial charge in [-0.2, -0.15) is 0 Å². The largest absolute Gasteiger partial charge is 0.376 e. The van der Waals surface area contributed by atoms with Crippen molar-refractivity contribution in [3.05, 3.63) is 24.0 Å². The van der Waals surface area contributed by atoms with Crippen LogP contribution in [0.1, 0.15) is 48.9 Å². The van der Waals surface area contributed by atoms with Crippen LogP contribution in [0.3, 0.4) is 0 Å². The molecule has 0 saturated carbocycles. The second-order valence-electron chi connectivity index (χ2n) is 6.18. The lowest BCUT2D eigenvalue weighted by Gasteiger charge is -2.22. The SMILES string of the molecule is O=C(NCC1CCCO1)c1cncc(N2CCCCCC2)c1. The molecule has 120 valence electrons. The van der Waals surface area contributed by atoms with E-state index < -0.39 is 0 Å². The van der Waals surface area contributed by atoms with Gasteiger partial charge >= 0.3 is 0 Å². The highest BCUT2D eigenvalue weighted by Crippen LogP contribution is 2.19. The Labute approximate surface area is 132 Å². The van der Waals surface area contributed by atoms with Crippen LogP contribution in [-0.4, -0.2) is 43.2 Å². The van der Waals surface area contributed by atoms with Gasteiger partial charge in [0, 0.05) is 32.4 Å². The summed E-state index contributed by atoms with van der Waals surface area (Å²) in [4.78, 5) is 18.9. The highest BCUT2D eigenvalue weighted by atomic mass is 16.5. The van der Waals surface area contributed by atoms with Crippen LogP contribution in [0.4, 0.5) is 5.69 Å². The molecule has 1 aromatic heterocycles. The maximum absolute atomic E-state index is 12.3. The molecule has 0 aliphatic carbocycles. The quantitative estimate of drug-likeness (QED) is 0.928. The van der Waals surface area contributed by atoms with Crippen molar-refractivity contribution < 1.29 is 9.53 Å². The van der Waals surface area contributed by atoms with Crippen LogP contribution in [0.2, 0.25) is 0 Å². The molecule has 22 heavy (non-hydrogen) atoms. The topological polar surface area (TPSA) is 54.5 Å². The molecule has 5 nitrogen and oxygen atoms in total. The molecule has 2 fully saturated rings. The standard InChI is InChI=1S/C17H25N3O2/c21-17(19-13-16-6-5-9-22-16)14-10-15(12-18-11-14)20-7-3-1-2-4-8-20/h10-12,16H,1-9,13H2,(H,19,21). The monoisotopic (exact) mass is 303 g/mol. The van der Waals surface area contributed by atoms with Crippen molar-refractivity contribution in [1.82, 2.24) is 10.3 Å². The van der Waals surface area contributed by atoms with Crippen LogP contribution in [0.5, 0.6) is 0 Å². The average molecular weight is 303 g/mol. The molecular formula is C17H25N3O2. The van der Waals surface area contributed by atoms with E-state index in [1.165, 1.54) is 25.7 Å². The van der Waals surface area contributed by atoms with Crippen molar-refractivity contribution in [2.75, 3.05) is 31.1 Å². The van der Waals surface area contributed by atoms with E-state index in [4.69, 9.17) is 4.74 Å². The maximum atomic E-state index is 12.3. The molecule has 0 radical (unpaired) electrons. The van der Waals surface area contributed by atoms with Gasteiger partial charge in [-0.05, 0) is 31.7 Å². The minimum Gasteiger partial charge on any atom is -0.376 e. The summed E-state index contributed by atoms with van der Waals surface area (Å²) in [5.41, 5.74) is 1.70. The van der Waals surface area contributed by atoms with E-state index >= 15 is 0 Å². The molecule has 2 saturated heterocycles. The minimum atomic E-state index is -0.0559. The second kappa shape index (κ2) is 7.58. The Morgan fingerprint density at radius 2 is 2.05 bits per heavy atom. The van der Waals surface area contributed by atoms with E-state index in [0.717, 1.165) is 38.2 Å². The molecular weight excluding hydrogens is 278 g/mol. The third kappa shape index (κ3) is 3.97. The summed E-state index contributed by atoms with van der Waals surface area (Å²) in [5, 5.41) is 2.96. The van der Waals surface area contributed by atoms with Crippen LogP contribution in [0.25, 0.3) is 0 Å². The van der Waals surface area contributed by atoms with Crippen LogP contribution in [-0.2, 0) is 4.74 Å². The Morgan fingerprint density at radius 1 is 1.23 bits per heavy atom. The first-order valence-corrected chi connectivity index (χ1v) is 8.43. The van der Waals surface area contributed by atoms with E-state index in [1.54, 1.807) is 6.20 Å². The highest BCUT2D eigenvalue weighted by Gasteiger charge is 2.17. The number of hydrogen-bond donors (Lipinski definition) is 1. The molecule has 1 aromatic rings. The number of rotatable bonds is 4. The van der Waals surface area contributed by atoms with Gasteiger partial charge in [-0.25, -0.2) is 0 Å². The molecule has 5 heteroatoms. The molecule has 3 heterocycles. The van der Waals surface area contributed by atoms with Crippen LogP contribution >= 0.6 is 0 Å². The Hall–Kier alpha value is -1.62. The zero-order chi connectivity index (χ0) is 15.2. The fourth-order valence-corrected chi connectivity index (χ4v) is 3.17. The molecule has 3 rings (SSSR count). The first-order valence-electron chi connectivity index (χ1n) is 8.43. The summed E-state index contributed by atoms with van der Waals surface area (Å²) in [6, 6.07) is 1.96. The number of carbonyl (C=O) groups excluding carboxylic acids is 1. The van der Waals surface area contributed by atoms with Crippen molar-refractivity contribution >= 4 is 11.6 Å². The Morgan fingerprint density at radius 3 is 2.77 bits per heavy atom. The zero-order valence-electron chi connectivity index (χ0n) is 13.1. The fourth-order valence-electron chi connectivity index (χ4n) is 3.17. The Balaban J connectivity index is 1.60. The average Bonchev–Trinajstić information content (AvgIpc) is 2.93. The molecule has 1 N–H and O–H groups in total. The Bertz CT molecular complexity index is 492. The number of anilines is 1. The summed E-state index contributed by atoms with van der Waals surface area (Å²) in [6.07, 6.45) is 10.8. The zero-order valence-corrected chi connectivity index (χ0v) is 13.1. The third-order valence-electron chi connectivity index (χ3n) is 4.47. The molecule has 1 atom stereocenters. The number of amides is 1. The lowest BCUT2D eigenvalue weighted by molar-refractivity contribution is 0.0857. The number of nitrogens with zero attached hydrogens (tertiary/aromatic N) is 2. The summed E-state index contributed by atoms with van der Waals surface area (Å²) in [7, 11) is 0. The van der Waals surface area contributed by atoms with Gasteiger partial charge in [-0.15, -0.1) is 0 Å². The van der Waals surface area contributed by atoms with E-state index in [9.17, 15) is 4.79 Å². The van der Waals surface area contributed by atoms with Gasteiger partial charge in [0.15, 0.2) is 0 Å². The molecule has 0 aromatic carbocycles. The fraction of sp³-hybridized carbons (Fsp3) is 0.647. The minimum absolute atomic E-state index is 0.0559. The van der Waals surface area contributed by atoms with Gasteiger partial charge in [0.25, 0.3) is 5.91 Å². The predicted octanol–water partition coefficient (Wildman–Crippen LogP) is 2.37. The maximum Gasteiger partial charge on any atom is 0.253 e. The molecule has 0 spiro atoms. The number of ether oxygens (including phenoxy) is 1.